The van der Waals surface area contributed by atoms with Gasteiger partial charge in [0.1, 0.15) is 4.21 Å². The molecule has 2 aromatic rings. The molecule has 0 bridgehead atoms. The van der Waals surface area contributed by atoms with Crippen LogP contribution >= 0.6 is 11.3 Å². The topological polar surface area (TPSA) is 66.5 Å². The molecule has 1 amide bonds. The summed E-state index contributed by atoms with van der Waals surface area (Å²) in [6.07, 6.45) is 1.10. The number of nitrogens with one attached hydrogen (secondary N) is 1. The van der Waals surface area contributed by atoms with E-state index in [1.807, 2.05) is 6.92 Å². The van der Waals surface area contributed by atoms with E-state index in [2.05, 4.69) is 37.4 Å². The number of carbonyl (C=O) groups is 1. The molecule has 1 aromatic carbocycles. The van der Waals surface area contributed by atoms with E-state index in [4.69, 9.17) is 0 Å². The van der Waals surface area contributed by atoms with Crippen LogP contribution in [0.3, 0.4) is 0 Å². The molecule has 0 aliphatic carbocycles. The minimum Gasteiger partial charge on any atom is -0.349 e. The number of benzene rings is 1. The number of rotatable bonds is 5. The number of sulfonamides is 1. The van der Waals surface area contributed by atoms with E-state index in [1.165, 1.54) is 26.8 Å². The van der Waals surface area contributed by atoms with E-state index in [0.29, 0.717) is 30.1 Å². The summed E-state index contributed by atoms with van der Waals surface area (Å²) in [4.78, 5) is 12.7. The lowest BCUT2D eigenvalue weighted by Gasteiger charge is -2.31. The maximum atomic E-state index is 12.7. The van der Waals surface area contributed by atoms with Crippen molar-refractivity contribution in [3.05, 3.63) is 52.4 Å². The number of amides is 1. The van der Waals surface area contributed by atoms with E-state index in [1.54, 1.807) is 17.5 Å². The highest BCUT2D eigenvalue weighted by Gasteiger charge is 2.33. The number of thiophene rings is 1. The number of nitrogens with zero attached hydrogens (tertiary/aromatic N) is 1. The van der Waals surface area contributed by atoms with Crippen LogP contribution in [0.2, 0.25) is 0 Å². The van der Waals surface area contributed by atoms with Crippen molar-refractivity contribution in [1.29, 1.82) is 0 Å². The van der Waals surface area contributed by atoms with Gasteiger partial charge in [-0.15, -0.1) is 11.3 Å². The Labute approximate surface area is 165 Å². The smallest absolute Gasteiger partial charge is 0.252 e. The molecule has 1 saturated heterocycles. The third-order valence-corrected chi connectivity index (χ3v) is 8.44. The molecule has 1 aromatic heterocycles. The molecular formula is C20H26N2O3S2. The SMILES string of the molecule is Cc1ccc(C(C)NC(=O)C2CCN(S(=O)(=O)c3cccs3)CC2)c(C)c1. The summed E-state index contributed by atoms with van der Waals surface area (Å²) < 4.78 is 27.0. The predicted octanol–water partition coefficient (Wildman–Crippen LogP) is 3.64. The number of hydrogen-bond donors (Lipinski definition) is 1. The average Bonchev–Trinajstić information content (AvgIpc) is 3.17. The van der Waals surface area contributed by atoms with Crippen molar-refractivity contribution in [2.24, 2.45) is 5.92 Å². The highest BCUT2D eigenvalue weighted by Crippen LogP contribution is 2.27. The Bertz CT molecular complexity index is 899. The number of hydrogen-bond acceptors (Lipinski definition) is 4. The maximum Gasteiger partial charge on any atom is 0.252 e. The largest absolute Gasteiger partial charge is 0.349 e. The van der Waals surface area contributed by atoms with E-state index < -0.39 is 10.0 Å². The lowest BCUT2D eigenvalue weighted by Crippen LogP contribution is -2.43. The van der Waals surface area contributed by atoms with Crippen LogP contribution in [0.25, 0.3) is 0 Å². The fraction of sp³-hybridized carbons (Fsp3) is 0.450. The summed E-state index contributed by atoms with van der Waals surface area (Å²) in [5, 5.41) is 4.87. The summed E-state index contributed by atoms with van der Waals surface area (Å²) in [5.74, 6) is -0.136. The highest BCUT2D eigenvalue weighted by molar-refractivity contribution is 7.91. The van der Waals surface area contributed by atoms with E-state index in [0.717, 1.165) is 5.56 Å². The van der Waals surface area contributed by atoms with Crippen molar-refractivity contribution in [2.75, 3.05) is 13.1 Å². The van der Waals surface area contributed by atoms with Crippen LogP contribution < -0.4 is 5.32 Å². The van der Waals surface area contributed by atoms with Gasteiger partial charge < -0.3 is 5.32 Å². The van der Waals surface area contributed by atoms with Gasteiger partial charge in [-0.25, -0.2) is 8.42 Å². The number of aryl methyl sites for hydroxylation is 2. The summed E-state index contributed by atoms with van der Waals surface area (Å²) in [7, 11) is -3.42. The van der Waals surface area contributed by atoms with Gasteiger partial charge in [0.25, 0.3) is 10.0 Å². The van der Waals surface area contributed by atoms with Crippen LogP contribution in [-0.2, 0) is 14.8 Å². The van der Waals surface area contributed by atoms with Crippen LogP contribution in [0.15, 0.2) is 39.9 Å². The van der Waals surface area contributed by atoms with Crippen LogP contribution in [0, 0.1) is 19.8 Å². The maximum absolute atomic E-state index is 12.7. The van der Waals surface area contributed by atoms with Crippen molar-refractivity contribution in [3.8, 4) is 0 Å². The summed E-state index contributed by atoms with van der Waals surface area (Å²) in [6.45, 7) is 6.87. The molecule has 1 aliphatic heterocycles. The Morgan fingerprint density at radius 1 is 1.22 bits per heavy atom. The number of carbonyl (C=O) groups excluding carboxylic acids is 1. The molecule has 1 atom stereocenters. The normalized spacial score (nSPS) is 17.6. The molecule has 5 nitrogen and oxygen atoms in total. The molecule has 1 unspecified atom stereocenters. The van der Waals surface area contributed by atoms with Crippen molar-refractivity contribution in [2.45, 2.75) is 43.9 Å². The molecule has 7 heteroatoms. The molecule has 0 radical (unpaired) electrons. The van der Waals surface area contributed by atoms with Crippen LogP contribution in [-0.4, -0.2) is 31.7 Å². The van der Waals surface area contributed by atoms with Gasteiger partial charge >= 0.3 is 0 Å². The molecule has 0 spiro atoms. The highest BCUT2D eigenvalue weighted by atomic mass is 32.2. The van der Waals surface area contributed by atoms with Crippen LogP contribution in [0.4, 0.5) is 0 Å². The van der Waals surface area contributed by atoms with E-state index in [9.17, 15) is 13.2 Å². The Morgan fingerprint density at radius 3 is 2.52 bits per heavy atom. The molecule has 3 rings (SSSR count). The first kappa shape index (κ1) is 20.0. The third-order valence-electron chi connectivity index (χ3n) is 5.16. The zero-order valence-electron chi connectivity index (χ0n) is 15.9. The van der Waals surface area contributed by atoms with Gasteiger partial charge in [0.2, 0.25) is 5.91 Å². The second kappa shape index (κ2) is 8.12. The molecular weight excluding hydrogens is 380 g/mol. The first-order valence-electron chi connectivity index (χ1n) is 9.20. The fourth-order valence-electron chi connectivity index (χ4n) is 3.62. The second-order valence-electron chi connectivity index (χ2n) is 7.20. The van der Waals surface area contributed by atoms with Gasteiger partial charge in [-0.05, 0) is 56.2 Å². The predicted molar refractivity (Wildman–Crippen MR) is 108 cm³/mol. The van der Waals surface area contributed by atoms with Gasteiger partial charge in [-0.2, -0.15) is 4.31 Å². The van der Waals surface area contributed by atoms with Crippen molar-refractivity contribution in [1.82, 2.24) is 9.62 Å². The van der Waals surface area contributed by atoms with Gasteiger partial charge in [0.05, 0.1) is 6.04 Å². The lowest BCUT2D eigenvalue weighted by molar-refractivity contribution is -0.126. The summed E-state index contributed by atoms with van der Waals surface area (Å²) in [6, 6.07) is 9.54. The standard InChI is InChI=1S/C20H26N2O3S2/c1-14-6-7-18(15(2)13-14)16(3)21-20(23)17-8-10-22(11-9-17)27(24,25)19-5-4-12-26-19/h4-7,12-13,16-17H,8-11H2,1-3H3,(H,21,23). The molecule has 0 saturated carbocycles. The quantitative estimate of drug-likeness (QED) is 0.824. The molecule has 1 N–H and O–H groups in total. The van der Waals surface area contributed by atoms with Gasteiger partial charge in [0.15, 0.2) is 0 Å². The Morgan fingerprint density at radius 2 is 1.93 bits per heavy atom. The summed E-state index contributed by atoms with van der Waals surface area (Å²) >= 11 is 1.23. The monoisotopic (exact) mass is 406 g/mol. The Balaban J connectivity index is 1.58. The van der Waals surface area contributed by atoms with Crippen LogP contribution in [0.1, 0.15) is 42.5 Å². The van der Waals surface area contributed by atoms with E-state index >= 15 is 0 Å². The zero-order chi connectivity index (χ0) is 19.6. The Kier molecular flexibility index (Phi) is 6.03. The Hall–Kier alpha value is -1.70. The second-order valence-corrected chi connectivity index (χ2v) is 10.3. The third kappa shape index (κ3) is 4.42. The van der Waals surface area contributed by atoms with Gasteiger partial charge in [0, 0.05) is 19.0 Å². The lowest BCUT2D eigenvalue weighted by atomic mass is 9.95. The molecule has 2 heterocycles. The minimum absolute atomic E-state index is 0.00986. The first-order chi connectivity index (χ1) is 12.8. The fourth-order valence-corrected chi connectivity index (χ4v) is 6.23. The molecule has 1 fully saturated rings. The number of piperidine rings is 1. The molecule has 27 heavy (non-hydrogen) atoms. The first-order valence-corrected chi connectivity index (χ1v) is 11.5. The van der Waals surface area contributed by atoms with E-state index in [-0.39, 0.29) is 17.9 Å². The molecule has 146 valence electrons. The molecule has 1 aliphatic rings. The zero-order valence-corrected chi connectivity index (χ0v) is 17.6. The van der Waals surface area contributed by atoms with Gasteiger partial charge in [-0.1, -0.05) is 29.8 Å². The van der Waals surface area contributed by atoms with Crippen molar-refractivity contribution >= 4 is 27.3 Å². The summed E-state index contributed by atoms with van der Waals surface area (Å²) in [5.41, 5.74) is 3.49. The van der Waals surface area contributed by atoms with Crippen molar-refractivity contribution in [3.63, 3.8) is 0 Å². The van der Waals surface area contributed by atoms with Crippen molar-refractivity contribution < 1.29 is 13.2 Å². The van der Waals surface area contributed by atoms with Gasteiger partial charge in [-0.3, -0.25) is 4.79 Å². The minimum atomic E-state index is -3.42. The van der Waals surface area contributed by atoms with Crippen LogP contribution in [0.5, 0.6) is 0 Å². The average molecular weight is 407 g/mol.